The Labute approximate surface area is 108 Å². The van der Waals surface area contributed by atoms with E-state index in [0.717, 1.165) is 11.8 Å². The number of aromatic nitrogens is 1. The van der Waals surface area contributed by atoms with E-state index in [2.05, 4.69) is 4.98 Å². The van der Waals surface area contributed by atoms with Crippen LogP contribution in [0.25, 0.3) is 0 Å². The predicted molar refractivity (Wildman–Crippen MR) is 67.8 cm³/mol. The maximum absolute atomic E-state index is 10.7. The molecule has 0 aliphatic carbocycles. The van der Waals surface area contributed by atoms with Gasteiger partial charge in [-0.2, -0.15) is 0 Å². The fourth-order valence-electron chi connectivity index (χ4n) is 1.16. The fraction of sp³-hybridized carbons (Fsp3) is 0.400. The lowest BCUT2D eigenvalue weighted by molar-refractivity contribution is -0.109. The summed E-state index contributed by atoms with van der Waals surface area (Å²) in [6, 6.07) is 1.45. The van der Waals surface area contributed by atoms with E-state index in [4.69, 9.17) is 17.3 Å². The number of aliphatic hydroxyl groups is 2. The molecule has 5 nitrogen and oxygen atoms in total. The van der Waals surface area contributed by atoms with Gasteiger partial charge < -0.3 is 15.9 Å². The average Bonchev–Trinajstić information content (AvgIpc) is 2.28. The van der Waals surface area contributed by atoms with Crippen LogP contribution in [0.3, 0.4) is 0 Å². The molecule has 0 radical (unpaired) electrons. The molecule has 94 valence electrons. The van der Waals surface area contributed by atoms with Crippen molar-refractivity contribution in [3.05, 3.63) is 23.0 Å². The second kappa shape index (κ2) is 6.20. The van der Waals surface area contributed by atoms with Crippen molar-refractivity contribution in [1.82, 2.24) is 4.98 Å². The Balaban J connectivity index is 2.70. The standard InChI is InChI=1S/C10H13ClN2O3S/c1-5(14)17-4-8(15)9(16)6-2-7(12)10(11)13-3-6/h2-3,8-9,15-16H,4,12H2,1H3. The van der Waals surface area contributed by atoms with Crippen molar-refractivity contribution >= 4 is 34.2 Å². The topological polar surface area (TPSA) is 96.4 Å². The van der Waals surface area contributed by atoms with Crippen molar-refractivity contribution in [3.63, 3.8) is 0 Å². The quantitative estimate of drug-likeness (QED) is 0.710. The molecule has 1 rings (SSSR count). The molecule has 0 saturated heterocycles. The number of pyridine rings is 1. The summed E-state index contributed by atoms with van der Waals surface area (Å²) < 4.78 is 0. The van der Waals surface area contributed by atoms with E-state index in [1.807, 2.05) is 0 Å². The number of hydrogen-bond donors (Lipinski definition) is 3. The number of rotatable bonds is 4. The molecule has 0 aromatic carbocycles. The SMILES string of the molecule is CC(=O)SCC(O)C(O)c1cnc(Cl)c(N)c1. The minimum atomic E-state index is -1.14. The van der Waals surface area contributed by atoms with Crippen molar-refractivity contribution in [2.24, 2.45) is 0 Å². The Morgan fingerprint density at radius 3 is 2.82 bits per heavy atom. The normalized spacial score (nSPS) is 14.4. The molecule has 4 N–H and O–H groups in total. The van der Waals surface area contributed by atoms with Gasteiger partial charge in [0.15, 0.2) is 10.3 Å². The van der Waals surface area contributed by atoms with Gasteiger partial charge in [0.25, 0.3) is 0 Å². The van der Waals surface area contributed by atoms with Crippen LogP contribution in [-0.2, 0) is 4.79 Å². The Bertz CT molecular complexity index is 417. The first kappa shape index (κ1) is 14.2. The van der Waals surface area contributed by atoms with Crippen molar-refractivity contribution < 1.29 is 15.0 Å². The molecule has 0 amide bonds. The second-order valence-electron chi connectivity index (χ2n) is 3.46. The number of nitrogen functional groups attached to an aromatic ring is 1. The van der Waals surface area contributed by atoms with E-state index in [0.29, 0.717) is 5.56 Å². The van der Waals surface area contributed by atoms with Gasteiger partial charge in [-0.25, -0.2) is 4.98 Å². The van der Waals surface area contributed by atoms with Crippen LogP contribution in [0.5, 0.6) is 0 Å². The summed E-state index contributed by atoms with van der Waals surface area (Å²) in [4.78, 5) is 14.5. The molecule has 1 aromatic rings. The minimum absolute atomic E-state index is 0.110. The monoisotopic (exact) mass is 276 g/mol. The number of halogens is 1. The Morgan fingerprint density at radius 1 is 1.65 bits per heavy atom. The molecule has 17 heavy (non-hydrogen) atoms. The van der Waals surface area contributed by atoms with Crippen LogP contribution < -0.4 is 5.73 Å². The number of nitrogens with zero attached hydrogens (tertiary/aromatic N) is 1. The molecule has 0 bridgehead atoms. The first-order valence-corrected chi connectivity index (χ1v) is 6.18. The van der Waals surface area contributed by atoms with Crippen LogP contribution in [0.2, 0.25) is 5.15 Å². The molecule has 7 heteroatoms. The van der Waals surface area contributed by atoms with Crippen LogP contribution >= 0.6 is 23.4 Å². The van der Waals surface area contributed by atoms with Crippen LogP contribution in [0.4, 0.5) is 5.69 Å². The van der Waals surface area contributed by atoms with Gasteiger partial charge >= 0.3 is 0 Å². The highest BCUT2D eigenvalue weighted by molar-refractivity contribution is 8.13. The summed E-state index contributed by atoms with van der Waals surface area (Å²) >= 11 is 6.58. The number of anilines is 1. The van der Waals surface area contributed by atoms with E-state index in [-0.39, 0.29) is 21.7 Å². The van der Waals surface area contributed by atoms with Crippen molar-refractivity contribution in [2.45, 2.75) is 19.1 Å². The van der Waals surface area contributed by atoms with Gasteiger partial charge in [0.1, 0.15) is 6.10 Å². The maximum Gasteiger partial charge on any atom is 0.185 e. The molecule has 0 saturated carbocycles. The molecule has 2 atom stereocenters. The number of carbonyl (C=O) groups excluding carboxylic acids is 1. The Hall–Kier alpha value is -0.820. The predicted octanol–water partition coefficient (Wildman–Crippen LogP) is 0.991. The van der Waals surface area contributed by atoms with Crippen LogP contribution in [-0.4, -0.2) is 32.2 Å². The first-order chi connectivity index (χ1) is 7.91. The zero-order valence-corrected chi connectivity index (χ0v) is 10.7. The van der Waals surface area contributed by atoms with Gasteiger partial charge in [-0.1, -0.05) is 23.4 Å². The maximum atomic E-state index is 10.7. The number of carbonyl (C=O) groups is 1. The van der Waals surface area contributed by atoms with E-state index in [1.54, 1.807) is 0 Å². The zero-order chi connectivity index (χ0) is 13.0. The Kier molecular flexibility index (Phi) is 5.20. The van der Waals surface area contributed by atoms with Crippen molar-refractivity contribution in [1.29, 1.82) is 0 Å². The molecule has 1 heterocycles. The van der Waals surface area contributed by atoms with Crippen LogP contribution in [0, 0.1) is 0 Å². The summed E-state index contributed by atoms with van der Waals surface area (Å²) in [5.74, 6) is 0.110. The third-order valence-electron chi connectivity index (χ3n) is 2.05. The largest absolute Gasteiger partial charge is 0.396 e. The molecule has 1 aromatic heterocycles. The fourth-order valence-corrected chi connectivity index (χ4v) is 1.85. The smallest absolute Gasteiger partial charge is 0.185 e. The molecular formula is C10H13ClN2O3S. The van der Waals surface area contributed by atoms with Gasteiger partial charge in [0.05, 0.1) is 11.8 Å². The second-order valence-corrected chi connectivity index (χ2v) is 5.02. The molecule has 0 aliphatic heterocycles. The summed E-state index contributed by atoms with van der Waals surface area (Å²) in [5, 5.41) is 19.5. The highest BCUT2D eigenvalue weighted by Gasteiger charge is 2.20. The summed E-state index contributed by atoms with van der Waals surface area (Å²) in [6.07, 6.45) is -0.870. The highest BCUT2D eigenvalue weighted by Crippen LogP contribution is 2.24. The van der Waals surface area contributed by atoms with Gasteiger partial charge in [0.2, 0.25) is 0 Å². The van der Waals surface area contributed by atoms with Gasteiger partial charge in [-0.3, -0.25) is 4.79 Å². The van der Waals surface area contributed by atoms with Crippen molar-refractivity contribution in [2.75, 3.05) is 11.5 Å². The van der Waals surface area contributed by atoms with Gasteiger partial charge in [0, 0.05) is 24.4 Å². The van der Waals surface area contributed by atoms with E-state index < -0.39 is 12.2 Å². The van der Waals surface area contributed by atoms with Gasteiger partial charge in [-0.05, 0) is 6.07 Å². The van der Waals surface area contributed by atoms with Crippen LogP contribution in [0.1, 0.15) is 18.6 Å². The lowest BCUT2D eigenvalue weighted by Gasteiger charge is -2.17. The van der Waals surface area contributed by atoms with Gasteiger partial charge in [-0.15, -0.1) is 0 Å². The summed E-state index contributed by atoms with van der Waals surface area (Å²) in [5.41, 5.74) is 6.13. The third kappa shape index (κ3) is 4.16. The van der Waals surface area contributed by atoms with E-state index in [9.17, 15) is 15.0 Å². The molecule has 0 spiro atoms. The van der Waals surface area contributed by atoms with E-state index >= 15 is 0 Å². The zero-order valence-electron chi connectivity index (χ0n) is 9.13. The minimum Gasteiger partial charge on any atom is -0.396 e. The number of nitrogens with two attached hydrogens (primary N) is 1. The first-order valence-electron chi connectivity index (χ1n) is 4.82. The molecule has 2 unspecified atom stereocenters. The Morgan fingerprint density at radius 2 is 2.29 bits per heavy atom. The van der Waals surface area contributed by atoms with Crippen molar-refractivity contribution in [3.8, 4) is 0 Å². The number of hydrogen-bond acceptors (Lipinski definition) is 6. The number of aliphatic hydroxyl groups excluding tert-OH is 2. The average molecular weight is 277 g/mol. The lowest BCUT2D eigenvalue weighted by Crippen LogP contribution is -2.21. The van der Waals surface area contributed by atoms with Crippen LogP contribution in [0.15, 0.2) is 12.3 Å². The van der Waals surface area contributed by atoms with E-state index in [1.165, 1.54) is 19.2 Å². The number of thioether (sulfide) groups is 1. The summed E-state index contributed by atoms with van der Waals surface area (Å²) in [6.45, 7) is 1.39. The lowest BCUT2D eigenvalue weighted by atomic mass is 10.1. The molecule has 0 fully saturated rings. The molecular weight excluding hydrogens is 264 g/mol. The highest BCUT2D eigenvalue weighted by atomic mass is 35.5. The summed E-state index contributed by atoms with van der Waals surface area (Å²) in [7, 11) is 0. The molecule has 0 aliphatic rings. The third-order valence-corrected chi connectivity index (χ3v) is 3.28.